The zero-order valence-corrected chi connectivity index (χ0v) is 47.8. The van der Waals surface area contributed by atoms with Gasteiger partial charge in [-0.15, -0.1) is 0 Å². The summed E-state index contributed by atoms with van der Waals surface area (Å²) in [4.78, 5) is 102. The van der Waals surface area contributed by atoms with E-state index in [9.17, 15) is 32.9 Å². The van der Waals surface area contributed by atoms with Crippen LogP contribution in [0.4, 0.5) is 0 Å². The first-order chi connectivity index (χ1) is 35.1. The van der Waals surface area contributed by atoms with Crippen molar-refractivity contribution < 1.29 is 62.2 Å². The predicted octanol–water partition coefficient (Wildman–Crippen LogP) is 14.4. The van der Waals surface area contributed by atoms with Gasteiger partial charge in [-0.3, -0.25) is 32.9 Å². The molecule has 0 saturated carbocycles. The van der Waals surface area contributed by atoms with Crippen LogP contribution >= 0.6 is 68.0 Å². The Bertz CT molecular complexity index is 2750. The van der Waals surface area contributed by atoms with E-state index in [-0.39, 0.29) is 48.6 Å². The minimum absolute atomic E-state index is 0.0406. The third-order valence-corrected chi connectivity index (χ3v) is 18.0. The van der Waals surface area contributed by atoms with Gasteiger partial charge in [0, 0.05) is 61.2 Å². The maximum Gasteiger partial charge on any atom is 0.340 e. The second-order valence-electron chi connectivity index (χ2n) is 17.6. The van der Waals surface area contributed by atoms with Crippen molar-refractivity contribution >= 4 is 91.1 Å². The molecule has 74 heavy (non-hydrogen) atoms. The Balaban J connectivity index is 0.000000242. The lowest BCUT2D eigenvalue weighted by atomic mass is 10.00. The number of Topliss-reactive ketones (excluding diaryl/α,β-unsaturated/α-hetero) is 4. The molecule has 0 saturated heterocycles. The summed E-state index contributed by atoms with van der Waals surface area (Å²) in [6, 6.07) is 49.9. The molecule has 0 atom stereocenters. The summed E-state index contributed by atoms with van der Waals surface area (Å²) in [5, 5.41) is -1.97. The molecule has 0 bridgehead atoms. The van der Waals surface area contributed by atoms with Crippen molar-refractivity contribution in [3.63, 3.8) is 0 Å². The van der Waals surface area contributed by atoms with Gasteiger partial charge in [-0.2, -0.15) is 0 Å². The largest absolute Gasteiger partial charge is 0.340 e. The van der Waals surface area contributed by atoms with E-state index in [4.69, 9.17) is 29.4 Å². The lowest BCUT2D eigenvalue weighted by molar-refractivity contribution is 0.0966. The molecule has 0 fully saturated rings. The van der Waals surface area contributed by atoms with Gasteiger partial charge < -0.3 is 29.4 Å². The molecule has 0 unspecified atom stereocenters. The SMILES string of the molecule is O=C(CCCCCC(=O)c1ccc(I)cc1)c1ccc(I)cc1.O=C(CCCCCC(P(=O)(O)O)P(=O)(O)O)c1ccc(-c2ccccc2)cc1.O=C(CCCCCP(=O)(O)O)c1ccc(-c2ccccc2)cc1. The van der Waals surface area contributed by atoms with Gasteiger partial charge in [-0.05, 0) is 130 Å². The molecule has 0 aliphatic rings. The lowest BCUT2D eigenvalue weighted by Gasteiger charge is -2.19. The molecule has 0 amide bonds. The van der Waals surface area contributed by atoms with Crippen LogP contribution in [0.2, 0.25) is 0 Å². The normalized spacial score (nSPS) is 11.5. The number of carbonyl (C=O) groups excluding carboxylic acids is 4. The van der Waals surface area contributed by atoms with Gasteiger partial charge in [-0.25, -0.2) is 0 Å². The zero-order chi connectivity index (χ0) is 54.2. The second kappa shape index (κ2) is 31.8. The van der Waals surface area contributed by atoms with E-state index >= 15 is 0 Å². The summed E-state index contributed by atoms with van der Waals surface area (Å²) in [6.45, 7) is 0. The average molecular weight is 1290 g/mol. The first-order valence-electron chi connectivity index (χ1n) is 24.2. The third kappa shape index (κ3) is 23.8. The van der Waals surface area contributed by atoms with Crippen molar-refractivity contribution in [2.75, 3.05) is 6.16 Å². The van der Waals surface area contributed by atoms with Crippen molar-refractivity contribution in [1.29, 1.82) is 0 Å². The molecule has 18 heteroatoms. The van der Waals surface area contributed by atoms with Crippen LogP contribution in [0.15, 0.2) is 158 Å². The Hall–Kier alpha value is -4.09. The minimum Gasteiger partial charge on any atom is -0.324 e. The van der Waals surface area contributed by atoms with Crippen molar-refractivity contribution in [2.24, 2.45) is 0 Å². The predicted molar refractivity (Wildman–Crippen MR) is 309 cm³/mol. The molecule has 6 aromatic rings. The minimum atomic E-state index is -4.87. The highest BCUT2D eigenvalue weighted by atomic mass is 127. The van der Waals surface area contributed by atoms with Crippen LogP contribution in [0.1, 0.15) is 131 Å². The van der Waals surface area contributed by atoms with Crippen LogP contribution < -0.4 is 0 Å². The van der Waals surface area contributed by atoms with Crippen molar-refractivity contribution in [2.45, 2.75) is 95.3 Å². The molecular weight excluding hydrogens is 1230 g/mol. The fourth-order valence-electron chi connectivity index (χ4n) is 7.66. The van der Waals surface area contributed by atoms with E-state index in [1.54, 1.807) is 12.1 Å². The summed E-state index contributed by atoms with van der Waals surface area (Å²) in [6.07, 6.45) is 6.88. The van der Waals surface area contributed by atoms with E-state index in [1.165, 1.54) is 0 Å². The molecule has 13 nitrogen and oxygen atoms in total. The second-order valence-corrected chi connectivity index (χ2v) is 25.9. The van der Waals surface area contributed by atoms with Crippen molar-refractivity contribution in [1.82, 2.24) is 0 Å². The number of hydrogen-bond donors (Lipinski definition) is 6. The number of unbranched alkanes of at least 4 members (excludes halogenated alkanes) is 6. The van der Waals surface area contributed by atoms with Crippen molar-refractivity contribution in [3.8, 4) is 22.3 Å². The summed E-state index contributed by atoms with van der Waals surface area (Å²) in [5.41, 5.74) is 7.08. The quantitative estimate of drug-likeness (QED) is 0.0128. The first-order valence-corrected chi connectivity index (χ1v) is 31.5. The number of ketones is 4. The summed E-state index contributed by atoms with van der Waals surface area (Å²) in [7, 11) is -13.7. The van der Waals surface area contributed by atoms with Gasteiger partial charge in [0.05, 0.1) is 0 Å². The fourth-order valence-corrected chi connectivity index (χ4v) is 11.6. The summed E-state index contributed by atoms with van der Waals surface area (Å²) in [5.74, 6) is 0.401. The molecule has 394 valence electrons. The number of halogens is 2. The van der Waals surface area contributed by atoms with E-state index in [0.717, 1.165) is 59.8 Å². The molecular formula is C56H63I2O13P3. The number of rotatable bonds is 26. The van der Waals surface area contributed by atoms with Crippen LogP contribution in [-0.4, -0.2) is 64.1 Å². The maximum atomic E-state index is 12.3. The molecule has 0 aromatic heterocycles. The highest BCUT2D eigenvalue weighted by molar-refractivity contribution is 14.1. The highest BCUT2D eigenvalue weighted by Gasteiger charge is 2.42. The fraction of sp³-hybridized carbons (Fsp3) is 0.286. The maximum absolute atomic E-state index is 12.3. The monoisotopic (exact) mass is 1290 g/mol. The van der Waals surface area contributed by atoms with Crippen LogP contribution in [0.25, 0.3) is 22.3 Å². The van der Waals surface area contributed by atoms with Gasteiger partial charge in [0.1, 0.15) is 0 Å². The standard InChI is InChI=1S/C19H18I2O2.C19H24O7P2.C18H21O4P/c20-16-10-6-14(7-11-16)18(22)4-2-1-3-5-19(23)15-8-12-17(21)13-9-15;20-18(9-5-2-6-10-19(27(21,22)23)28(24,25)26)17-13-11-16(12-14-17)15-7-3-1-4-8-15;19-18(9-5-2-6-14-23(20,21)22)17-12-10-16(11-13-17)15-7-3-1-4-8-15/h6-13H,1-5H2;1,3-4,7-8,11-14,19H,2,5-6,9-10H2,(H2,21,22,23)(H2,24,25,26);1,3-4,7-8,10-13H,2,5-6,9,14H2,(H2,20,21,22). The molecule has 0 radical (unpaired) electrons. The summed E-state index contributed by atoms with van der Waals surface area (Å²) >= 11 is 4.46. The lowest BCUT2D eigenvalue weighted by Crippen LogP contribution is -2.09. The van der Waals surface area contributed by atoms with E-state index in [2.05, 4.69) is 45.2 Å². The summed E-state index contributed by atoms with van der Waals surface area (Å²) < 4.78 is 35.4. The Labute approximate surface area is 460 Å². The molecule has 0 aliphatic heterocycles. The molecule has 6 N–H and O–H groups in total. The van der Waals surface area contributed by atoms with Gasteiger partial charge in [-0.1, -0.05) is 159 Å². The Morgan fingerprint density at radius 2 is 0.622 bits per heavy atom. The highest BCUT2D eigenvalue weighted by Crippen LogP contribution is 2.61. The van der Waals surface area contributed by atoms with Gasteiger partial charge in [0.2, 0.25) is 0 Å². The first kappa shape index (κ1) is 62.4. The van der Waals surface area contributed by atoms with Gasteiger partial charge in [0.25, 0.3) is 0 Å². The Kier molecular flexibility index (Phi) is 26.9. The van der Waals surface area contributed by atoms with Gasteiger partial charge >= 0.3 is 22.8 Å². The van der Waals surface area contributed by atoms with Crippen LogP contribution in [0.3, 0.4) is 0 Å². The van der Waals surface area contributed by atoms with E-state index < -0.39 is 28.2 Å². The smallest absolute Gasteiger partial charge is 0.324 e. The molecule has 6 aromatic carbocycles. The average Bonchev–Trinajstić information content (AvgIpc) is 3.37. The number of carbonyl (C=O) groups is 4. The Morgan fingerprint density at radius 3 is 0.919 bits per heavy atom. The molecule has 0 aliphatic carbocycles. The van der Waals surface area contributed by atoms with E-state index in [0.29, 0.717) is 62.5 Å². The molecule has 0 heterocycles. The van der Waals surface area contributed by atoms with Gasteiger partial charge in [0.15, 0.2) is 28.5 Å². The topological polar surface area (TPSA) is 241 Å². The number of hydrogen-bond acceptors (Lipinski definition) is 7. The Morgan fingerprint density at radius 1 is 0.351 bits per heavy atom. The van der Waals surface area contributed by atoms with Crippen LogP contribution in [0, 0.1) is 7.14 Å². The van der Waals surface area contributed by atoms with Crippen LogP contribution in [-0.2, 0) is 13.7 Å². The van der Waals surface area contributed by atoms with Crippen LogP contribution in [0.5, 0.6) is 0 Å². The molecule has 0 spiro atoms. The third-order valence-electron chi connectivity index (χ3n) is 11.8. The molecule has 6 rings (SSSR count). The number of benzene rings is 6. The zero-order valence-electron chi connectivity index (χ0n) is 40.8. The van der Waals surface area contributed by atoms with Crippen molar-refractivity contribution in [3.05, 3.63) is 187 Å². The van der Waals surface area contributed by atoms with E-state index in [1.807, 2.05) is 146 Å².